The molecule has 0 aliphatic heterocycles. The first-order valence-corrected chi connectivity index (χ1v) is 7.68. The first kappa shape index (κ1) is 15.8. The van der Waals surface area contributed by atoms with Gasteiger partial charge in [0.2, 0.25) is 5.78 Å². The summed E-state index contributed by atoms with van der Waals surface area (Å²) >= 11 is 11.5. The fraction of sp³-hybridized carbons (Fsp3) is 0.250. The van der Waals surface area contributed by atoms with Crippen LogP contribution in [-0.2, 0) is 9.59 Å². The predicted molar refractivity (Wildman–Crippen MR) is 85.5 cm³/mol. The first-order valence-electron chi connectivity index (χ1n) is 6.61. The van der Waals surface area contributed by atoms with Crippen LogP contribution in [-0.4, -0.2) is 41.3 Å². The number of hydrogen-bond acceptors (Lipinski definition) is 3. The van der Waals surface area contributed by atoms with Gasteiger partial charge in [-0.1, -0.05) is 30.3 Å². The predicted octanol–water partition coefficient (Wildman–Crippen LogP) is 2.89. The molecule has 0 N–H and O–H groups in total. The second kappa shape index (κ2) is 7.43. The van der Waals surface area contributed by atoms with Gasteiger partial charge in [-0.05, 0) is 11.6 Å². The second-order valence-electron chi connectivity index (χ2n) is 4.55. The number of benzene rings is 1. The van der Waals surface area contributed by atoms with Crippen LogP contribution in [0.3, 0.4) is 0 Å². The summed E-state index contributed by atoms with van der Waals surface area (Å²) in [5.41, 5.74) is 1.51. The Balaban J connectivity index is 2.33. The molecular weight excluding hydrogens is 309 g/mol. The molecule has 1 aliphatic carbocycles. The molecule has 1 aliphatic rings. The molecule has 0 heterocycles. The smallest absolute Gasteiger partial charge is 0.209 e. The third-order valence-electron chi connectivity index (χ3n) is 3.18. The van der Waals surface area contributed by atoms with Gasteiger partial charge in [-0.15, -0.1) is 23.2 Å². The van der Waals surface area contributed by atoms with Crippen LogP contribution in [0.4, 0.5) is 0 Å². The molecule has 2 rings (SSSR count). The molecular formula is C16H15Cl2NO2. The van der Waals surface area contributed by atoms with Gasteiger partial charge in [0.05, 0.1) is 5.70 Å². The Kier molecular flexibility index (Phi) is 5.59. The second-order valence-corrected chi connectivity index (χ2v) is 5.31. The molecule has 0 amide bonds. The van der Waals surface area contributed by atoms with Crippen LogP contribution in [0.2, 0.25) is 0 Å². The number of hydrogen-bond donors (Lipinski definition) is 0. The van der Waals surface area contributed by atoms with Crippen molar-refractivity contribution >= 4 is 40.3 Å². The molecule has 21 heavy (non-hydrogen) atoms. The number of ketones is 2. The van der Waals surface area contributed by atoms with Gasteiger partial charge in [-0.2, -0.15) is 0 Å². The van der Waals surface area contributed by atoms with E-state index in [1.165, 1.54) is 12.2 Å². The van der Waals surface area contributed by atoms with Crippen LogP contribution in [0.1, 0.15) is 5.56 Å². The standard InChI is InChI=1S/C16H15Cl2NO2/c17-6-8-19(9-7-18)15-11-13(20)10-14(16(15)21)12-4-2-1-3-5-12/h1-5,10-11H,6-9H2. The fourth-order valence-corrected chi connectivity index (χ4v) is 2.62. The van der Waals surface area contributed by atoms with E-state index in [1.807, 2.05) is 30.3 Å². The van der Waals surface area contributed by atoms with Gasteiger partial charge in [0.15, 0.2) is 5.78 Å². The van der Waals surface area contributed by atoms with Crippen LogP contribution in [0.5, 0.6) is 0 Å². The molecule has 5 heteroatoms. The Hall–Kier alpha value is -1.58. The monoisotopic (exact) mass is 323 g/mol. The molecule has 0 radical (unpaired) electrons. The first-order chi connectivity index (χ1) is 10.2. The van der Waals surface area contributed by atoms with Gasteiger partial charge < -0.3 is 4.90 Å². The maximum absolute atomic E-state index is 12.6. The maximum atomic E-state index is 12.6. The number of carbonyl (C=O) groups excluding carboxylic acids is 2. The van der Waals surface area contributed by atoms with Gasteiger partial charge in [-0.25, -0.2) is 0 Å². The summed E-state index contributed by atoms with van der Waals surface area (Å²) in [7, 11) is 0. The Morgan fingerprint density at radius 3 is 2.10 bits per heavy atom. The van der Waals surface area contributed by atoms with E-state index in [9.17, 15) is 9.59 Å². The summed E-state index contributed by atoms with van der Waals surface area (Å²) in [4.78, 5) is 26.3. The van der Waals surface area contributed by atoms with Gasteiger partial charge in [0.25, 0.3) is 0 Å². The van der Waals surface area contributed by atoms with Gasteiger partial charge in [0, 0.05) is 36.5 Å². The van der Waals surface area contributed by atoms with E-state index in [0.29, 0.717) is 36.1 Å². The highest BCUT2D eigenvalue weighted by molar-refractivity contribution is 6.36. The minimum Gasteiger partial charge on any atom is -0.366 e. The summed E-state index contributed by atoms with van der Waals surface area (Å²) < 4.78 is 0. The van der Waals surface area contributed by atoms with Crippen molar-refractivity contribution < 1.29 is 9.59 Å². The number of allylic oxidation sites excluding steroid dienone is 3. The molecule has 110 valence electrons. The number of Topliss-reactive ketones (excluding diaryl/α,β-unsaturated/α-hetero) is 1. The van der Waals surface area contributed by atoms with E-state index in [1.54, 1.807) is 4.90 Å². The summed E-state index contributed by atoms with van der Waals surface area (Å²) in [6.07, 6.45) is 2.73. The Bertz CT molecular complexity index is 588. The minimum absolute atomic E-state index is 0.170. The highest BCUT2D eigenvalue weighted by Gasteiger charge is 2.26. The SMILES string of the molecule is O=C1C=C(c2ccccc2)C(=O)C(N(CCCl)CCCl)=C1. The number of alkyl halides is 2. The van der Waals surface area contributed by atoms with E-state index in [4.69, 9.17) is 23.2 Å². The quantitative estimate of drug-likeness (QED) is 0.596. The zero-order valence-corrected chi connectivity index (χ0v) is 12.9. The average molecular weight is 324 g/mol. The van der Waals surface area contributed by atoms with Crippen LogP contribution in [0.15, 0.2) is 48.2 Å². The lowest BCUT2D eigenvalue weighted by Crippen LogP contribution is -2.33. The number of carbonyl (C=O) groups is 2. The van der Waals surface area contributed by atoms with E-state index in [2.05, 4.69) is 0 Å². The molecule has 0 atom stereocenters. The Labute approximate surface area is 133 Å². The molecule has 0 saturated carbocycles. The van der Waals surface area contributed by atoms with Crippen molar-refractivity contribution in [2.24, 2.45) is 0 Å². The third kappa shape index (κ3) is 3.74. The van der Waals surface area contributed by atoms with E-state index in [-0.39, 0.29) is 11.6 Å². The van der Waals surface area contributed by atoms with Gasteiger partial charge in [0.1, 0.15) is 0 Å². The highest BCUT2D eigenvalue weighted by Crippen LogP contribution is 2.25. The van der Waals surface area contributed by atoms with Crippen molar-refractivity contribution in [2.75, 3.05) is 24.8 Å². The lowest BCUT2D eigenvalue weighted by Gasteiger charge is -2.27. The molecule has 0 aromatic heterocycles. The molecule has 0 bridgehead atoms. The van der Waals surface area contributed by atoms with E-state index < -0.39 is 0 Å². The molecule has 3 nitrogen and oxygen atoms in total. The average Bonchev–Trinajstić information content (AvgIpc) is 2.50. The van der Waals surface area contributed by atoms with Crippen molar-refractivity contribution in [1.29, 1.82) is 0 Å². The van der Waals surface area contributed by atoms with Crippen molar-refractivity contribution in [1.82, 2.24) is 4.90 Å². The number of nitrogens with zero attached hydrogens (tertiary/aromatic N) is 1. The van der Waals surface area contributed by atoms with Gasteiger partial charge >= 0.3 is 0 Å². The maximum Gasteiger partial charge on any atom is 0.209 e. The molecule has 0 spiro atoms. The molecule has 1 aromatic rings. The molecule has 1 aromatic carbocycles. The molecule has 0 unspecified atom stereocenters. The zero-order valence-electron chi connectivity index (χ0n) is 11.4. The summed E-state index contributed by atoms with van der Waals surface area (Å²) in [6, 6.07) is 9.16. The minimum atomic E-state index is -0.197. The summed E-state index contributed by atoms with van der Waals surface area (Å²) in [5, 5.41) is 0. The Morgan fingerprint density at radius 1 is 0.905 bits per heavy atom. The highest BCUT2D eigenvalue weighted by atomic mass is 35.5. The van der Waals surface area contributed by atoms with Crippen LogP contribution >= 0.6 is 23.2 Å². The lowest BCUT2D eigenvalue weighted by molar-refractivity contribution is -0.115. The normalized spacial score (nSPS) is 14.8. The molecule has 0 fully saturated rings. The van der Waals surface area contributed by atoms with E-state index in [0.717, 1.165) is 5.56 Å². The third-order valence-corrected chi connectivity index (χ3v) is 3.52. The van der Waals surface area contributed by atoms with Crippen LogP contribution in [0.25, 0.3) is 5.57 Å². The number of rotatable bonds is 6. The van der Waals surface area contributed by atoms with Crippen LogP contribution < -0.4 is 0 Å². The number of halogens is 2. The van der Waals surface area contributed by atoms with Crippen molar-refractivity contribution in [3.8, 4) is 0 Å². The van der Waals surface area contributed by atoms with Crippen LogP contribution in [0, 0.1) is 0 Å². The van der Waals surface area contributed by atoms with Gasteiger partial charge in [-0.3, -0.25) is 9.59 Å². The fourth-order valence-electron chi connectivity index (χ4n) is 2.21. The zero-order chi connectivity index (χ0) is 15.2. The lowest BCUT2D eigenvalue weighted by atomic mass is 9.93. The summed E-state index contributed by atoms with van der Waals surface area (Å²) in [5.74, 6) is 0.355. The molecule has 0 saturated heterocycles. The van der Waals surface area contributed by atoms with Crippen molar-refractivity contribution in [3.63, 3.8) is 0 Å². The summed E-state index contributed by atoms with van der Waals surface area (Å²) in [6.45, 7) is 0.947. The topological polar surface area (TPSA) is 37.4 Å². The van der Waals surface area contributed by atoms with Crippen molar-refractivity contribution in [2.45, 2.75) is 0 Å². The van der Waals surface area contributed by atoms with Crippen molar-refractivity contribution in [3.05, 3.63) is 53.7 Å². The van der Waals surface area contributed by atoms with E-state index >= 15 is 0 Å². The Morgan fingerprint density at radius 2 is 1.52 bits per heavy atom. The largest absolute Gasteiger partial charge is 0.366 e.